The summed E-state index contributed by atoms with van der Waals surface area (Å²) in [6.45, 7) is 0. The highest BCUT2D eigenvalue weighted by molar-refractivity contribution is 9.10. The predicted molar refractivity (Wildman–Crippen MR) is 53.9 cm³/mol. The Hall–Kier alpha value is -0.470. The summed E-state index contributed by atoms with van der Waals surface area (Å²) in [5.41, 5.74) is 0. The van der Waals surface area contributed by atoms with Crippen LogP contribution in [0.15, 0.2) is 27.6 Å². The van der Waals surface area contributed by atoms with E-state index in [1.165, 1.54) is 12.1 Å². The molecule has 90 valence electrons. The third kappa shape index (κ3) is 3.53. The molecule has 0 saturated carbocycles. The summed E-state index contributed by atoms with van der Waals surface area (Å²) < 4.78 is 61.4. The molecule has 0 saturated heterocycles. The van der Waals surface area contributed by atoms with E-state index in [2.05, 4.69) is 20.7 Å². The Kier molecular flexibility index (Phi) is 3.76. The molecule has 0 aliphatic heterocycles. The Morgan fingerprint density at radius 3 is 2.31 bits per heavy atom. The second kappa shape index (κ2) is 4.42. The molecule has 3 nitrogen and oxygen atoms in total. The third-order valence-corrected chi connectivity index (χ3v) is 3.70. The van der Waals surface area contributed by atoms with Gasteiger partial charge < -0.3 is 4.74 Å². The zero-order valence-electron chi connectivity index (χ0n) is 7.25. The van der Waals surface area contributed by atoms with E-state index in [0.717, 1.165) is 6.07 Å². The summed E-state index contributed by atoms with van der Waals surface area (Å²) in [5, 5.41) is 0. The normalized spacial score (nSPS) is 12.6. The number of hydrogen-bond acceptors (Lipinski definition) is 3. The van der Waals surface area contributed by atoms with Crippen LogP contribution in [0.1, 0.15) is 0 Å². The van der Waals surface area contributed by atoms with Crippen LogP contribution in [0.2, 0.25) is 0 Å². The number of rotatable bonds is 2. The third-order valence-electron chi connectivity index (χ3n) is 1.40. The van der Waals surface area contributed by atoms with Gasteiger partial charge in [-0.25, -0.2) is 8.42 Å². The van der Waals surface area contributed by atoms with Crippen molar-refractivity contribution in [2.75, 3.05) is 0 Å². The molecule has 0 spiro atoms. The number of ether oxygens (including phenoxy) is 1. The summed E-state index contributed by atoms with van der Waals surface area (Å²) in [4.78, 5) is -0.756. The van der Waals surface area contributed by atoms with Crippen LogP contribution in [-0.4, -0.2) is 14.8 Å². The first-order valence-electron chi connectivity index (χ1n) is 3.60. The van der Waals surface area contributed by atoms with Crippen LogP contribution in [0, 0.1) is 0 Å². The van der Waals surface area contributed by atoms with Gasteiger partial charge in [0.15, 0.2) is 5.75 Å². The van der Waals surface area contributed by atoms with Crippen molar-refractivity contribution in [3.05, 3.63) is 22.7 Å². The van der Waals surface area contributed by atoms with E-state index in [1.54, 1.807) is 0 Å². The highest BCUT2D eigenvalue weighted by Crippen LogP contribution is 2.36. The second-order valence-corrected chi connectivity index (χ2v) is 5.91. The van der Waals surface area contributed by atoms with Crippen molar-refractivity contribution in [1.29, 1.82) is 0 Å². The van der Waals surface area contributed by atoms with E-state index in [9.17, 15) is 21.6 Å². The van der Waals surface area contributed by atoms with Crippen LogP contribution in [0.3, 0.4) is 0 Å². The lowest BCUT2D eigenvalue weighted by molar-refractivity contribution is -0.275. The van der Waals surface area contributed by atoms with E-state index in [1.807, 2.05) is 0 Å². The lowest BCUT2D eigenvalue weighted by Gasteiger charge is -2.12. The summed E-state index contributed by atoms with van der Waals surface area (Å²) >= 11 is 2.78. The van der Waals surface area contributed by atoms with Gasteiger partial charge in [0.05, 0.1) is 0 Å². The molecule has 0 fully saturated rings. The summed E-state index contributed by atoms with van der Waals surface area (Å²) in [5.74, 6) is -0.878. The molecule has 0 radical (unpaired) electrons. The predicted octanol–water partition coefficient (Wildman–Crippen LogP) is 3.28. The first-order valence-corrected chi connectivity index (χ1v) is 6.70. The fourth-order valence-electron chi connectivity index (χ4n) is 0.931. The van der Waals surface area contributed by atoms with Gasteiger partial charge >= 0.3 is 6.36 Å². The molecule has 0 amide bonds. The van der Waals surface area contributed by atoms with E-state index in [-0.39, 0.29) is 4.47 Å². The molecule has 0 unspecified atom stereocenters. The van der Waals surface area contributed by atoms with Crippen LogP contribution in [0.4, 0.5) is 13.2 Å². The highest BCUT2D eigenvalue weighted by Gasteiger charge is 2.34. The van der Waals surface area contributed by atoms with E-state index in [4.69, 9.17) is 10.7 Å². The maximum absolute atomic E-state index is 12.0. The van der Waals surface area contributed by atoms with Crippen LogP contribution in [-0.2, 0) is 9.05 Å². The zero-order valence-corrected chi connectivity index (χ0v) is 10.4. The number of hydrogen-bond donors (Lipinski definition) is 0. The molecule has 16 heavy (non-hydrogen) atoms. The smallest absolute Gasteiger partial charge is 0.404 e. The topological polar surface area (TPSA) is 43.4 Å². The van der Waals surface area contributed by atoms with E-state index >= 15 is 0 Å². The molecule has 0 atom stereocenters. The van der Waals surface area contributed by atoms with Gasteiger partial charge in [0.25, 0.3) is 9.05 Å². The SMILES string of the molecule is O=S(=O)(Cl)c1c(Br)cccc1OC(F)(F)F. The fourth-order valence-corrected chi connectivity index (χ4v) is 3.33. The minimum Gasteiger partial charge on any atom is -0.404 e. The van der Waals surface area contributed by atoms with Crippen molar-refractivity contribution in [3.63, 3.8) is 0 Å². The van der Waals surface area contributed by atoms with Crippen molar-refractivity contribution in [2.45, 2.75) is 11.3 Å². The van der Waals surface area contributed by atoms with Gasteiger partial charge in [0, 0.05) is 15.2 Å². The van der Waals surface area contributed by atoms with E-state index < -0.39 is 26.1 Å². The molecule has 0 bridgehead atoms. The molecule has 1 aromatic carbocycles. The molecule has 0 aromatic heterocycles. The average Bonchev–Trinajstić information content (AvgIpc) is 1.97. The lowest BCUT2D eigenvalue weighted by Crippen LogP contribution is -2.18. The molecular weight excluding hydrogens is 336 g/mol. The fraction of sp³-hybridized carbons (Fsp3) is 0.143. The lowest BCUT2D eigenvalue weighted by atomic mass is 10.3. The van der Waals surface area contributed by atoms with Gasteiger partial charge in [0.2, 0.25) is 0 Å². The van der Waals surface area contributed by atoms with Gasteiger partial charge in [-0.15, -0.1) is 13.2 Å². The second-order valence-electron chi connectivity index (χ2n) is 2.55. The monoisotopic (exact) mass is 338 g/mol. The number of benzene rings is 1. The molecule has 9 heteroatoms. The number of halogens is 5. The maximum Gasteiger partial charge on any atom is 0.573 e. The average molecular weight is 340 g/mol. The van der Waals surface area contributed by atoms with Crippen molar-refractivity contribution in [2.24, 2.45) is 0 Å². The van der Waals surface area contributed by atoms with Crippen molar-refractivity contribution in [1.82, 2.24) is 0 Å². The molecular formula is C7H3BrClF3O3S. The minimum atomic E-state index is -4.99. The number of alkyl halides is 3. The standard InChI is InChI=1S/C7H3BrClF3O3S/c8-4-2-1-3-5(15-7(10,11)12)6(4)16(9,13)14/h1-3H. The van der Waals surface area contributed by atoms with Gasteiger partial charge in [-0.2, -0.15) is 0 Å². The Morgan fingerprint density at radius 1 is 1.31 bits per heavy atom. The molecule has 0 N–H and O–H groups in total. The largest absolute Gasteiger partial charge is 0.573 e. The molecule has 0 aliphatic carbocycles. The Morgan fingerprint density at radius 2 is 1.88 bits per heavy atom. The van der Waals surface area contributed by atoms with Crippen molar-refractivity contribution >= 4 is 35.7 Å². The summed E-state index contributed by atoms with van der Waals surface area (Å²) in [6, 6.07) is 3.28. The van der Waals surface area contributed by atoms with Gasteiger partial charge in [-0.05, 0) is 28.1 Å². The summed E-state index contributed by atoms with van der Waals surface area (Å²) in [7, 11) is 0.657. The summed E-state index contributed by atoms with van der Waals surface area (Å²) in [6.07, 6.45) is -4.99. The van der Waals surface area contributed by atoms with Gasteiger partial charge in [0.1, 0.15) is 4.90 Å². The zero-order chi connectivity index (χ0) is 12.6. The van der Waals surface area contributed by atoms with Crippen LogP contribution < -0.4 is 4.74 Å². The van der Waals surface area contributed by atoms with E-state index in [0.29, 0.717) is 0 Å². The van der Waals surface area contributed by atoms with Gasteiger partial charge in [-0.1, -0.05) is 6.07 Å². The Bertz CT molecular complexity index is 500. The van der Waals surface area contributed by atoms with Crippen LogP contribution in [0.5, 0.6) is 5.75 Å². The molecule has 1 rings (SSSR count). The Labute approximate surface area is 102 Å². The highest BCUT2D eigenvalue weighted by atomic mass is 79.9. The van der Waals surface area contributed by atoms with Crippen molar-refractivity contribution < 1.29 is 26.3 Å². The quantitative estimate of drug-likeness (QED) is 0.777. The minimum absolute atomic E-state index is 0.107. The van der Waals surface area contributed by atoms with Gasteiger partial charge in [-0.3, -0.25) is 0 Å². The molecule has 1 aromatic rings. The Balaban J connectivity index is 3.36. The molecule has 0 aliphatic rings. The molecule has 0 heterocycles. The van der Waals surface area contributed by atoms with Crippen LogP contribution in [0.25, 0.3) is 0 Å². The first kappa shape index (κ1) is 13.6. The first-order chi connectivity index (χ1) is 7.11. The maximum atomic E-state index is 12.0. The van der Waals surface area contributed by atoms with Crippen molar-refractivity contribution in [3.8, 4) is 5.75 Å². The van der Waals surface area contributed by atoms with Crippen LogP contribution >= 0.6 is 26.6 Å².